The van der Waals surface area contributed by atoms with Crippen LogP contribution in [-0.2, 0) is 26.5 Å². The standard InChI is InChI=1S/C31H27N2S.C21H28NSi.Ir/c1-19(2)22-11-9-12-23(20(3)4)30(22)33-27-14-7-6-13-26(27)32-31(33)21-16-17-29-25(18-21)24-10-5-8-15-28(24)34-29;1-23(2,3)21-16-22-20(18-12-8-5-9-13-18)15-19(21)14-17-10-6-4-7-11-17;/h5-15,17-20H,1-4H3;5,8-9,12,15-17H,4,6-7,10-11,14H2,1-3H3;/q2*-1;. The van der Waals surface area contributed by atoms with E-state index >= 15 is 0 Å². The Morgan fingerprint density at radius 3 is 2.16 bits per heavy atom. The molecule has 6 heteroatoms. The Kier molecular flexibility index (Phi) is 13.0. The van der Waals surface area contributed by atoms with Crippen molar-refractivity contribution in [1.29, 1.82) is 0 Å². The monoisotopic (exact) mass is 974 g/mol. The van der Waals surface area contributed by atoms with E-state index in [1.165, 1.54) is 75.5 Å². The number of para-hydroxylation sites is 3. The molecule has 8 aromatic rings. The van der Waals surface area contributed by atoms with Crippen LogP contribution in [0.5, 0.6) is 0 Å². The third kappa shape index (κ3) is 8.72. The van der Waals surface area contributed by atoms with Gasteiger partial charge in [-0.3, -0.25) is 4.98 Å². The van der Waals surface area contributed by atoms with E-state index in [0.717, 1.165) is 39.6 Å². The van der Waals surface area contributed by atoms with Crippen LogP contribution in [0, 0.1) is 18.1 Å². The normalized spacial score (nSPS) is 13.6. The molecule has 3 heterocycles. The number of hydrogen-bond acceptors (Lipinski definition) is 3. The van der Waals surface area contributed by atoms with E-state index in [4.69, 9.17) is 9.97 Å². The Morgan fingerprint density at radius 1 is 0.741 bits per heavy atom. The summed E-state index contributed by atoms with van der Waals surface area (Å²) < 4.78 is 4.95. The van der Waals surface area contributed by atoms with Crippen LogP contribution >= 0.6 is 11.3 Å². The molecule has 0 atom stereocenters. The molecule has 1 aliphatic rings. The average molecular weight is 974 g/mol. The zero-order chi connectivity index (χ0) is 39.7. The summed E-state index contributed by atoms with van der Waals surface area (Å²) in [7, 11) is -1.36. The van der Waals surface area contributed by atoms with Crippen molar-refractivity contribution in [3.05, 3.63) is 144 Å². The molecule has 1 saturated carbocycles. The molecule has 3 aromatic heterocycles. The van der Waals surface area contributed by atoms with E-state index in [9.17, 15) is 0 Å². The van der Waals surface area contributed by atoms with Crippen molar-refractivity contribution in [2.75, 3.05) is 0 Å². The topological polar surface area (TPSA) is 30.7 Å². The zero-order valence-corrected chi connectivity index (χ0v) is 39.2. The van der Waals surface area contributed by atoms with Gasteiger partial charge < -0.3 is 9.55 Å². The number of fused-ring (bicyclic) bond motifs is 4. The minimum atomic E-state index is -1.36. The number of rotatable bonds is 8. The van der Waals surface area contributed by atoms with Gasteiger partial charge in [-0.1, -0.05) is 145 Å². The molecule has 1 fully saturated rings. The summed E-state index contributed by atoms with van der Waals surface area (Å²) in [5.74, 6) is 2.62. The molecule has 1 aliphatic carbocycles. The molecule has 0 aliphatic heterocycles. The number of hydrogen-bond donors (Lipinski definition) is 0. The van der Waals surface area contributed by atoms with Crippen LogP contribution in [0.25, 0.3) is 59.5 Å². The van der Waals surface area contributed by atoms with Crippen LogP contribution in [0.2, 0.25) is 19.6 Å². The summed E-state index contributed by atoms with van der Waals surface area (Å²) in [4.78, 5) is 9.94. The van der Waals surface area contributed by atoms with Crippen molar-refractivity contribution >= 4 is 55.8 Å². The predicted octanol–water partition coefficient (Wildman–Crippen LogP) is 14.3. The van der Waals surface area contributed by atoms with Crippen molar-refractivity contribution in [1.82, 2.24) is 14.5 Å². The number of benzene rings is 5. The smallest absolute Gasteiger partial charge is 0.0798 e. The largest absolute Gasteiger partial charge is 0.333 e. The van der Waals surface area contributed by atoms with Gasteiger partial charge in [0, 0.05) is 36.7 Å². The van der Waals surface area contributed by atoms with Gasteiger partial charge in [-0.2, -0.15) is 11.3 Å². The fourth-order valence-electron chi connectivity index (χ4n) is 8.75. The van der Waals surface area contributed by atoms with Crippen molar-refractivity contribution in [2.24, 2.45) is 5.92 Å². The summed E-state index contributed by atoms with van der Waals surface area (Å²) in [6, 6.07) is 45.7. The molecule has 9 rings (SSSR count). The molecular formula is C52H55IrN3SSi-2. The van der Waals surface area contributed by atoms with Crippen molar-refractivity contribution in [3.8, 4) is 28.3 Å². The van der Waals surface area contributed by atoms with Crippen molar-refractivity contribution in [2.45, 2.75) is 97.7 Å². The summed E-state index contributed by atoms with van der Waals surface area (Å²) in [5, 5.41) is 4.11. The third-order valence-electron chi connectivity index (χ3n) is 11.7. The molecule has 0 N–H and O–H groups in total. The second-order valence-electron chi connectivity index (χ2n) is 17.5. The first-order valence-electron chi connectivity index (χ1n) is 21.0. The van der Waals surface area contributed by atoms with Crippen LogP contribution in [0.15, 0.2) is 115 Å². The van der Waals surface area contributed by atoms with E-state index in [0.29, 0.717) is 11.8 Å². The molecule has 58 heavy (non-hydrogen) atoms. The molecule has 0 saturated heterocycles. The Labute approximate surface area is 364 Å². The van der Waals surface area contributed by atoms with Crippen molar-refractivity contribution in [3.63, 3.8) is 0 Å². The van der Waals surface area contributed by atoms with E-state index in [-0.39, 0.29) is 20.1 Å². The Morgan fingerprint density at radius 2 is 1.45 bits per heavy atom. The Balaban J connectivity index is 0.000000187. The van der Waals surface area contributed by atoms with Gasteiger partial charge in [0.2, 0.25) is 0 Å². The van der Waals surface area contributed by atoms with E-state index in [1.54, 1.807) is 10.8 Å². The number of thiophene rings is 1. The first-order chi connectivity index (χ1) is 27.6. The van der Waals surface area contributed by atoms with E-state index in [2.05, 4.69) is 167 Å². The number of nitrogens with zero attached hydrogens (tertiary/aromatic N) is 3. The van der Waals surface area contributed by atoms with Gasteiger partial charge in [0.15, 0.2) is 0 Å². The maximum Gasteiger partial charge on any atom is 0.0798 e. The van der Waals surface area contributed by atoms with Gasteiger partial charge in [0.1, 0.15) is 0 Å². The maximum absolute atomic E-state index is 5.17. The summed E-state index contributed by atoms with van der Waals surface area (Å²) in [5.41, 5.74) is 10.9. The van der Waals surface area contributed by atoms with Crippen LogP contribution in [0.1, 0.15) is 88.3 Å². The van der Waals surface area contributed by atoms with E-state index < -0.39 is 8.07 Å². The van der Waals surface area contributed by atoms with Crippen LogP contribution in [-0.4, -0.2) is 22.6 Å². The van der Waals surface area contributed by atoms with Crippen molar-refractivity contribution < 1.29 is 20.1 Å². The van der Waals surface area contributed by atoms with Gasteiger partial charge in [0.25, 0.3) is 0 Å². The number of aromatic nitrogens is 3. The Bertz CT molecular complexity index is 2620. The van der Waals surface area contributed by atoms with Gasteiger partial charge in [-0.15, -0.1) is 59.7 Å². The molecule has 0 bridgehead atoms. The summed E-state index contributed by atoms with van der Waals surface area (Å²) >= 11 is 1.83. The number of imidazole rings is 1. The minimum absolute atomic E-state index is 0. The first kappa shape index (κ1) is 41.9. The fourth-order valence-corrected chi connectivity index (χ4v) is 11.4. The zero-order valence-electron chi connectivity index (χ0n) is 35.0. The molecule has 3 nitrogen and oxygen atoms in total. The molecular weight excluding hydrogens is 919 g/mol. The molecule has 1 radical (unpaired) electrons. The Hall–Kier alpha value is -4.19. The predicted molar refractivity (Wildman–Crippen MR) is 248 cm³/mol. The van der Waals surface area contributed by atoms with Crippen LogP contribution in [0.3, 0.4) is 0 Å². The average Bonchev–Trinajstić information content (AvgIpc) is 3.79. The second-order valence-corrected chi connectivity index (χ2v) is 23.7. The molecule has 0 amide bonds. The minimum Gasteiger partial charge on any atom is -0.333 e. The quantitative estimate of drug-likeness (QED) is 0.112. The van der Waals surface area contributed by atoms with Gasteiger partial charge in [0.05, 0.1) is 24.9 Å². The second kappa shape index (κ2) is 18.0. The van der Waals surface area contributed by atoms with E-state index in [1.807, 2.05) is 23.5 Å². The first-order valence-corrected chi connectivity index (χ1v) is 25.3. The fraction of sp³-hybridized carbons (Fsp3) is 0.308. The van der Waals surface area contributed by atoms with Gasteiger partial charge >= 0.3 is 0 Å². The molecule has 0 spiro atoms. The van der Waals surface area contributed by atoms with Gasteiger partial charge in [-0.05, 0) is 74.5 Å². The SMILES string of the molecule is CC(C)c1cccc(C(C)C)c1-n1c(-c2[c-]cc3sc4ccccc4c3c2)nc2ccccc21.C[Si](C)(C)c1cnc(-c2[c-]cccc2)cc1CC1CCCCC1.[Ir]. The van der Waals surface area contributed by atoms with Crippen LogP contribution in [0.4, 0.5) is 0 Å². The van der Waals surface area contributed by atoms with Gasteiger partial charge in [-0.25, -0.2) is 0 Å². The number of pyridine rings is 1. The summed E-state index contributed by atoms with van der Waals surface area (Å²) in [6.07, 6.45) is 10.5. The molecule has 5 aromatic carbocycles. The maximum atomic E-state index is 5.17. The molecule has 299 valence electrons. The van der Waals surface area contributed by atoms with Crippen LogP contribution < -0.4 is 5.19 Å². The third-order valence-corrected chi connectivity index (χ3v) is 14.9. The molecule has 0 unspecified atom stereocenters. The summed E-state index contributed by atoms with van der Waals surface area (Å²) in [6.45, 7) is 16.4.